The first-order valence-corrected chi connectivity index (χ1v) is 10.8. The van der Waals surface area contributed by atoms with Crippen molar-refractivity contribution in [3.63, 3.8) is 0 Å². The number of nitrogens with two attached hydrogens (primary N) is 1. The summed E-state index contributed by atoms with van der Waals surface area (Å²) in [5.41, 5.74) is 6.55. The molecule has 7 heteroatoms. The smallest absolute Gasteiger partial charge is 0.245 e. The molecule has 0 unspecified atom stereocenters. The van der Waals surface area contributed by atoms with Gasteiger partial charge in [-0.05, 0) is 49.4 Å². The van der Waals surface area contributed by atoms with Crippen molar-refractivity contribution in [2.24, 2.45) is 11.7 Å². The Morgan fingerprint density at radius 3 is 2.43 bits per heavy atom. The van der Waals surface area contributed by atoms with Gasteiger partial charge in [-0.2, -0.15) is 0 Å². The normalized spacial score (nSPS) is 12.7. The van der Waals surface area contributed by atoms with Crippen LogP contribution in [0.25, 0.3) is 0 Å². The molecule has 1 rings (SSSR count). The molecule has 30 heavy (non-hydrogen) atoms. The summed E-state index contributed by atoms with van der Waals surface area (Å²) in [5, 5.41) is 2.96. The molecule has 0 aliphatic heterocycles. The number of rotatable bonds is 14. The molecule has 3 N–H and O–H groups in total. The highest BCUT2D eigenvalue weighted by Gasteiger charge is 2.28. The van der Waals surface area contributed by atoms with Crippen LogP contribution in [0, 0.1) is 5.92 Å². The zero-order valence-corrected chi connectivity index (χ0v) is 19.2. The number of nitrogens with one attached hydrogen (secondary N) is 1. The lowest BCUT2D eigenvalue weighted by Crippen LogP contribution is -2.51. The van der Waals surface area contributed by atoms with Gasteiger partial charge in [0.1, 0.15) is 6.04 Å². The predicted molar refractivity (Wildman–Crippen MR) is 120 cm³/mol. The number of unbranched alkanes of at least 4 members (excludes halogenated alkanes) is 2. The van der Waals surface area contributed by atoms with Gasteiger partial charge < -0.3 is 25.4 Å². The molecule has 0 radical (unpaired) electrons. The Morgan fingerprint density at radius 2 is 1.83 bits per heavy atom. The quantitative estimate of drug-likeness (QED) is 0.451. The van der Waals surface area contributed by atoms with E-state index in [4.69, 9.17) is 15.2 Å². The second-order valence-electron chi connectivity index (χ2n) is 7.73. The summed E-state index contributed by atoms with van der Waals surface area (Å²) in [7, 11) is 4.99. The second kappa shape index (κ2) is 13.9. The number of ether oxygens (including phenoxy) is 2. The van der Waals surface area contributed by atoms with Gasteiger partial charge in [-0.3, -0.25) is 9.59 Å². The standard InChI is InChI=1S/C23H39N3O4/c1-6-17(2)22(25-21(27)10-8-7-9-14-24)23(28)26(3)15-13-18-11-12-19(29-4)20(16-18)30-5/h11-12,16-17,22H,6-10,13-15,24H2,1-5H3,(H,25,27)/t17-,22-/m0/s1. The van der Waals surface area contributed by atoms with Gasteiger partial charge in [-0.1, -0.05) is 32.8 Å². The van der Waals surface area contributed by atoms with Crippen molar-refractivity contribution in [1.82, 2.24) is 10.2 Å². The van der Waals surface area contributed by atoms with Crippen LogP contribution in [-0.2, 0) is 16.0 Å². The molecule has 0 saturated carbocycles. The van der Waals surface area contributed by atoms with E-state index in [0.717, 1.165) is 31.2 Å². The molecule has 0 heterocycles. The van der Waals surface area contributed by atoms with Crippen LogP contribution in [0.2, 0.25) is 0 Å². The van der Waals surface area contributed by atoms with E-state index in [2.05, 4.69) is 5.32 Å². The van der Waals surface area contributed by atoms with Crippen molar-refractivity contribution >= 4 is 11.8 Å². The fraction of sp³-hybridized carbons (Fsp3) is 0.652. The first-order valence-electron chi connectivity index (χ1n) is 10.8. The van der Waals surface area contributed by atoms with Crippen molar-refractivity contribution in [2.75, 3.05) is 34.4 Å². The van der Waals surface area contributed by atoms with E-state index >= 15 is 0 Å². The summed E-state index contributed by atoms with van der Waals surface area (Å²) in [6.07, 6.45) is 4.56. The first-order chi connectivity index (χ1) is 14.4. The molecule has 0 aromatic heterocycles. The average Bonchev–Trinajstić information content (AvgIpc) is 2.77. The summed E-state index contributed by atoms with van der Waals surface area (Å²) in [5.74, 6) is 1.29. The molecule has 1 aromatic carbocycles. The fourth-order valence-electron chi connectivity index (χ4n) is 3.22. The Balaban J connectivity index is 2.69. The molecule has 0 saturated heterocycles. The third kappa shape index (κ3) is 8.22. The van der Waals surface area contributed by atoms with Crippen molar-refractivity contribution in [3.05, 3.63) is 23.8 Å². The number of likely N-dealkylation sites (N-methyl/N-ethyl adjacent to an activating group) is 1. The van der Waals surface area contributed by atoms with Crippen molar-refractivity contribution < 1.29 is 19.1 Å². The molecule has 0 aliphatic carbocycles. The Hall–Kier alpha value is -2.28. The van der Waals surface area contributed by atoms with E-state index in [1.54, 1.807) is 26.2 Å². The molecule has 170 valence electrons. The third-order valence-corrected chi connectivity index (χ3v) is 5.46. The van der Waals surface area contributed by atoms with Crippen LogP contribution in [0.4, 0.5) is 0 Å². The van der Waals surface area contributed by atoms with Gasteiger partial charge in [-0.25, -0.2) is 0 Å². The van der Waals surface area contributed by atoms with E-state index in [1.807, 2.05) is 32.0 Å². The van der Waals surface area contributed by atoms with Crippen LogP contribution in [0.15, 0.2) is 18.2 Å². The molecule has 1 aromatic rings. The van der Waals surface area contributed by atoms with Crippen molar-refractivity contribution in [2.45, 2.75) is 58.4 Å². The molecule has 0 fully saturated rings. The number of carbonyl (C=O) groups excluding carboxylic acids is 2. The third-order valence-electron chi connectivity index (χ3n) is 5.46. The molecular weight excluding hydrogens is 382 g/mol. The van der Waals surface area contributed by atoms with Gasteiger partial charge in [0.05, 0.1) is 14.2 Å². The number of carbonyl (C=O) groups is 2. The largest absolute Gasteiger partial charge is 0.493 e. The van der Waals surface area contributed by atoms with Crippen LogP contribution in [0.1, 0.15) is 51.5 Å². The first kappa shape index (κ1) is 25.8. The predicted octanol–water partition coefficient (Wildman–Crippen LogP) is 2.75. The van der Waals surface area contributed by atoms with Crippen LogP contribution in [-0.4, -0.2) is 57.1 Å². The monoisotopic (exact) mass is 421 g/mol. The topological polar surface area (TPSA) is 93.9 Å². The highest BCUT2D eigenvalue weighted by molar-refractivity contribution is 5.87. The number of nitrogens with zero attached hydrogens (tertiary/aromatic N) is 1. The molecular formula is C23H39N3O4. The van der Waals surface area contributed by atoms with Gasteiger partial charge >= 0.3 is 0 Å². The zero-order chi connectivity index (χ0) is 22.5. The Morgan fingerprint density at radius 1 is 1.13 bits per heavy atom. The fourth-order valence-corrected chi connectivity index (χ4v) is 3.22. The number of hydrogen-bond donors (Lipinski definition) is 2. The van der Waals surface area contributed by atoms with E-state index in [-0.39, 0.29) is 17.7 Å². The number of methoxy groups -OCH3 is 2. The molecule has 7 nitrogen and oxygen atoms in total. The summed E-state index contributed by atoms with van der Waals surface area (Å²) in [6, 6.07) is 5.25. The maximum atomic E-state index is 13.1. The summed E-state index contributed by atoms with van der Waals surface area (Å²) in [6.45, 7) is 5.22. The van der Waals surface area contributed by atoms with Gasteiger partial charge in [0.15, 0.2) is 11.5 Å². The van der Waals surface area contributed by atoms with Gasteiger partial charge in [0, 0.05) is 20.0 Å². The summed E-state index contributed by atoms with van der Waals surface area (Å²) >= 11 is 0. The van der Waals surface area contributed by atoms with Crippen LogP contribution in [0.5, 0.6) is 11.5 Å². The van der Waals surface area contributed by atoms with Crippen molar-refractivity contribution in [1.29, 1.82) is 0 Å². The minimum atomic E-state index is -0.507. The maximum absolute atomic E-state index is 13.1. The van der Waals surface area contributed by atoms with Crippen molar-refractivity contribution in [3.8, 4) is 11.5 Å². The zero-order valence-electron chi connectivity index (χ0n) is 19.2. The Kier molecular flexibility index (Phi) is 11.9. The van der Waals surface area contributed by atoms with Crippen LogP contribution < -0.4 is 20.5 Å². The lowest BCUT2D eigenvalue weighted by molar-refractivity contribution is -0.136. The van der Waals surface area contributed by atoms with Gasteiger partial charge in [0.25, 0.3) is 0 Å². The van der Waals surface area contributed by atoms with Gasteiger partial charge in [-0.15, -0.1) is 0 Å². The van der Waals surface area contributed by atoms with Gasteiger partial charge in [0.2, 0.25) is 11.8 Å². The Labute approximate surface area is 181 Å². The molecule has 2 atom stereocenters. The summed E-state index contributed by atoms with van der Waals surface area (Å²) in [4.78, 5) is 27.1. The SMILES string of the molecule is CC[C@H](C)[C@H](NC(=O)CCCCCN)C(=O)N(C)CCc1ccc(OC)c(OC)c1. The number of amides is 2. The highest BCUT2D eigenvalue weighted by Crippen LogP contribution is 2.27. The van der Waals surface area contributed by atoms with E-state index in [0.29, 0.717) is 37.4 Å². The maximum Gasteiger partial charge on any atom is 0.245 e. The average molecular weight is 422 g/mol. The lowest BCUT2D eigenvalue weighted by Gasteiger charge is -2.28. The highest BCUT2D eigenvalue weighted by atomic mass is 16.5. The number of benzene rings is 1. The molecule has 0 aliphatic rings. The summed E-state index contributed by atoms with van der Waals surface area (Å²) < 4.78 is 10.6. The van der Waals surface area contributed by atoms with E-state index < -0.39 is 6.04 Å². The molecule has 2 amide bonds. The molecule has 0 bridgehead atoms. The van der Waals surface area contributed by atoms with E-state index in [1.165, 1.54) is 0 Å². The molecule has 0 spiro atoms. The van der Waals surface area contributed by atoms with Crippen LogP contribution in [0.3, 0.4) is 0 Å². The van der Waals surface area contributed by atoms with E-state index in [9.17, 15) is 9.59 Å². The number of hydrogen-bond acceptors (Lipinski definition) is 5. The minimum Gasteiger partial charge on any atom is -0.493 e. The second-order valence-corrected chi connectivity index (χ2v) is 7.73. The van der Waals surface area contributed by atoms with Crippen LogP contribution >= 0.6 is 0 Å². The Bertz CT molecular complexity index is 666. The lowest BCUT2D eigenvalue weighted by atomic mass is 9.97. The minimum absolute atomic E-state index is 0.0554.